The Bertz CT molecular complexity index is 1110. The minimum atomic E-state index is -0.185. The number of fused-ring (bicyclic) bond motifs is 3. The van der Waals surface area contributed by atoms with Crippen LogP contribution >= 0.6 is 0 Å². The van der Waals surface area contributed by atoms with Crippen molar-refractivity contribution in [1.29, 1.82) is 0 Å². The fourth-order valence-electron chi connectivity index (χ4n) is 2.89. The van der Waals surface area contributed by atoms with Crippen LogP contribution in [0.1, 0.15) is 5.56 Å². The summed E-state index contributed by atoms with van der Waals surface area (Å²) in [5, 5.41) is 13.8. The van der Waals surface area contributed by atoms with E-state index in [9.17, 15) is 9.90 Å². The monoisotopic (exact) mass is 321 g/mol. The maximum atomic E-state index is 12.8. The van der Waals surface area contributed by atoms with Crippen LogP contribution in [0.25, 0.3) is 27.5 Å². The van der Waals surface area contributed by atoms with E-state index in [-0.39, 0.29) is 12.2 Å². The van der Waals surface area contributed by atoms with Crippen LogP contribution < -0.4 is 10.3 Å². The minimum absolute atomic E-state index is 0.0472. The van der Waals surface area contributed by atoms with Crippen molar-refractivity contribution in [1.82, 2.24) is 14.8 Å². The number of aromatic amines is 1. The van der Waals surface area contributed by atoms with Gasteiger partial charge in [0.1, 0.15) is 11.4 Å². The van der Waals surface area contributed by atoms with Crippen LogP contribution in [0.15, 0.2) is 53.5 Å². The molecule has 0 saturated carbocycles. The number of rotatable bonds is 3. The van der Waals surface area contributed by atoms with Crippen molar-refractivity contribution in [3.05, 3.63) is 64.6 Å². The molecule has 6 heteroatoms. The molecule has 2 aromatic carbocycles. The first kappa shape index (κ1) is 14.5. The molecule has 0 atom stereocenters. The van der Waals surface area contributed by atoms with Gasteiger partial charge in [0.05, 0.1) is 30.1 Å². The number of aliphatic hydroxyl groups is 1. The number of nitrogens with one attached hydrogen (secondary N) is 1. The summed E-state index contributed by atoms with van der Waals surface area (Å²) < 4.78 is 6.81. The number of benzene rings is 2. The summed E-state index contributed by atoms with van der Waals surface area (Å²) in [5.74, 6) is 0.603. The number of ether oxygens (including phenoxy) is 1. The molecule has 0 fully saturated rings. The molecule has 0 bridgehead atoms. The lowest BCUT2D eigenvalue weighted by Crippen LogP contribution is -2.15. The Balaban J connectivity index is 2.04. The molecule has 2 heterocycles. The summed E-state index contributed by atoms with van der Waals surface area (Å²) in [7, 11) is 1.57. The summed E-state index contributed by atoms with van der Waals surface area (Å²) in [5.41, 5.74) is 2.67. The topological polar surface area (TPSA) is 80.1 Å². The smallest absolute Gasteiger partial charge is 0.280 e. The Morgan fingerprint density at radius 2 is 2.04 bits per heavy atom. The number of hydrogen-bond donors (Lipinski definition) is 2. The van der Waals surface area contributed by atoms with E-state index in [1.807, 2.05) is 36.4 Å². The first-order valence-electron chi connectivity index (χ1n) is 7.49. The molecule has 120 valence electrons. The molecule has 4 rings (SSSR count). The molecule has 0 aliphatic heterocycles. The quantitative estimate of drug-likeness (QED) is 0.607. The van der Waals surface area contributed by atoms with Gasteiger partial charge in [0.2, 0.25) is 0 Å². The number of pyridine rings is 1. The van der Waals surface area contributed by atoms with Crippen molar-refractivity contribution in [2.75, 3.05) is 7.11 Å². The summed E-state index contributed by atoms with van der Waals surface area (Å²) in [6.07, 6.45) is 1.56. The van der Waals surface area contributed by atoms with E-state index >= 15 is 0 Å². The molecule has 0 amide bonds. The van der Waals surface area contributed by atoms with Gasteiger partial charge in [-0.1, -0.05) is 24.3 Å². The zero-order valence-electron chi connectivity index (χ0n) is 13.0. The Labute approximate surface area is 136 Å². The van der Waals surface area contributed by atoms with Crippen LogP contribution in [-0.2, 0) is 6.61 Å². The second-order valence-corrected chi connectivity index (χ2v) is 5.48. The highest BCUT2D eigenvalue weighted by Crippen LogP contribution is 2.25. The predicted octanol–water partition coefficient (Wildman–Crippen LogP) is 2.37. The summed E-state index contributed by atoms with van der Waals surface area (Å²) >= 11 is 0. The van der Waals surface area contributed by atoms with Gasteiger partial charge in [-0.2, -0.15) is 0 Å². The van der Waals surface area contributed by atoms with Crippen LogP contribution in [0.4, 0.5) is 0 Å². The predicted molar refractivity (Wildman–Crippen MR) is 91.7 cm³/mol. The highest BCUT2D eigenvalue weighted by molar-refractivity contribution is 6.02. The summed E-state index contributed by atoms with van der Waals surface area (Å²) in [6, 6.07) is 12.8. The highest BCUT2D eigenvalue weighted by atomic mass is 16.5. The zero-order chi connectivity index (χ0) is 16.7. The van der Waals surface area contributed by atoms with E-state index in [0.717, 1.165) is 16.5 Å². The Morgan fingerprint density at radius 1 is 1.21 bits per heavy atom. The van der Waals surface area contributed by atoms with E-state index in [1.54, 1.807) is 19.4 Å². The third-order valence-electron chi connectivity index (χ3n) is 4.10. The molecule has 0 spiro atoms. The largest absolute Gasteiger partial charge is 0.494 e. The lowest BCUT2D eigenvalue weighted by atomic mass is 10.1. The molecule has 0 aliphatic carbocycles. The Morgan fingerprint density at radius 3 is 2.83 bits per heavy atom. The molecule has 0 unspecified atom stereocenters. The van der Waals surface area contributed by atoms with Gasteiger partial charge in [-0.15, -0.1) is 0 Å². The minimum Gasteiger partial charge on any atom is -0.494 e. The van der Waals surface area contributed by atoms with Crippen molar-refractivity contribution in [2.24, 2.45) is 0 Å². The molecule has 2 N–H and O–H groups in total. The molecule has 0 radical (unpaired) electrons. The van der Waals surface area contributed by atoms with Crippen molar-refractivity contribution < 1.29 is 9.84 Å². The first-order valence-corrected chi connectivity index (χ1v) is 7.49. The third-order valence-corrected chi connectivity index (χ3v) is 4.10. The van der Waals surface area contributed by atoms with Crippen molar-refractivity contribution in [2.45, 2.75) is 6.61 Å². The van der Waals surface area contributed by atoms with Gasteiger partial charge in [-0.05, 0) is 23.8 Å². The van der Waals surface area contributed by atoms with Crippen LogP contribution in [-0.4, -0.2) is 27.0 Å². The average Bonchev–Trinajstić information content (AvgIpc) is 2.98. The Kier molecular flexibility index (Phi) is 3.32. The van der Waals surface area contributed by atoms with Crippen molar-refractivity contribution >= 4 is 21.8 Å². The number of aliphatic hydroxyl groups excluding tert-OH is 1. The molecular weight excluding hydrogens is 306 g/mol. The first-order chi connectivity index (χ1) is 11.7. The second-order valence-electron chi connectivity index (χ2n) is 5.48. The summed E-state index contributed by atoms with van der Waals surface area (Å²) in [4.78, 5) is 17.1. The maximum Gasteiger partial charge on any atom is 0.280 e. The van der Waals surface area contributed by atoms with Crippen molar-refractivity contribution in [3.8, 4) is 11.4 Å². The normalized spacial score (nSPS) is 11.2. The van der Waals surface area contributed by atoms with E-state index in [0.29, 0.717) is 22.3 Å². The molecular formula is C18H15N3O3. The van der Waals surface area contributed by atoms with Gasteiger partial charge in [0, 0.05) is 11.6 Å². The number of nitrogens with zero attached hydrogens (tertiary/aromatic N) is 2. The van der Waals surface area contributed by atoms with Crippen LogP contribution in [0.2, 0.25) is 0 Å². The van der Waals surface area contributed by atoms with Gasteiger partial charge >= 0.3 is 0 Å². The van der Waals surface area contributed by atoms with E-state index in [1.165, 1.54) is 4.68 Å². The van der Waals surface area contributed by atoms with Crippen LogP contribution in [0.3, 0.4) is 0 Å². The molecule has 0 saturated heterocycles. The number of hydrogen-bond acceptors (Lipinski definition) is 4. The number of aromatic nitrogens is 3. The Hall–Kier alpha value is -3.12. The lowest BCUT2D eigenvalue weighted by molar-refractivity contribution is 0.282. The van der Waals surface area contributed by atoms with Gasteiger partial charge in [0.25, 0.3) is 5.56 Å². The molecule has 0 aliphatic rings. The van der Waals surface area contributed by atoms with Gasteiger partial charge in [-0.25, -0.2) is 4.68 Å². The van der Waals surface area contributed by atoms with E-state index < -0.39 is 0 Å². The number of methoxy groups -OCH3 is 1. The standard InChI is InChI=1S/C18H15N3O3/c1-24-16-5-3-2-4-15(16)21-18(23)13-9-19-14-8-11(10-22)6-7-12(14)17(13)20-21/h2-9,20,22H,10H2,1H3. The average molecular weight is 321 g/mol. The van der Waals surface area contributed by atoms with Crippen LogP contribution in [0.5, 0.6) is 5.75 Å². The molecule has 4 aromatic rings. The maximum absolute atomic E-state index is 12.8. The molecule has 6 nitrogen and oxygen atoms in total. The van der Waals surface area contributed by atoms with Crippen LogP contribution in [0, 0.1) is 0 Å². The zero-order valence-corrected chi connectivity index (χ0v) is 13.0. The summed E-state index contributed by atoms with van der Waals surface area (Å²) in [6.45, 7) is -0.0472. The SMILES string of the molecule is COc1ccccc1-n1[nH]c2c(cnc3cc(CO)ccc32)c1=O. The fourth-order valence-corrected chi connectivity index (χ4v) is 2.89. The number of H-pyrrole nitrogens is 1. The second kappa shape index (κ2) is 5.50. The van der Waals surface area contributed by atoms with Gasteiger partial charge < -0.3 is 9.84 Å². The van der Waals surface area contributed by atoms with E-state index in [2.05, 4.69) is 10.1 Å². The van der Waals surface area contributed by atoms with E-state index in [4.69, 9.17) is 4.74 Å². The number of para-hydroxylation sites is 2. The third kappa shape index (κ3) is 2.08. The highest BCUT2D eigenvalue weighted by Gasteiger charge is 2.14. The van der Waals surface area contributed by atoms with Gasteiger partial charge in [-0.3, -0.25) is 14.9 Å². The fraction of sp³-hybridized carbons (Fsp3) is 0.111. The van der Waals surface area contributed by atoms with Gasteiger partial charge in [0.15, 0.2) is 0 Å². The van der Waals surface area contributed by atoms with Crippen molar-refractivity contribution in [3.63, 3.8) is 0 Å². The molecule has 2 aromatic heterocycles. The molecule has 24 heavy (non-hydrogen) atoms. The lowest BCUT2D eigenvalue weighted by Gasteiger charge is -2.07.